The number of nitrogens with one attached hydrogen (secondary N) is 1. The first-order valence-electron chi connectivity index (χ1n) is 5.86. The second-order valence-electron chi connectivity index (χ2n) is 4.13. The quantitative estimate of drug-likeness (QED) is 0.597. The van der Waals surface area contributed by atoms with Gasteiger partial charge in [0.25, 0.3) is 0 Å². The smallest absolute Gasteiger partial charge is 0.320 e. The Bertz CT molecular complexity index is 581. The van der Waals surface area contributed by atoms with Gasteiger partial charge in [-0.15, -0.1) is 5.10 Å². The van der Waals surface area contributed by atoms with Gasteiger partial charge < -0.3 is 25.7 Å². The third-order valence-corrected chi connectivity index (χ3v) is 2.52. The summed E-state index contributed by atoms with van der Waals surface area (Å²) in [5, 5.41) is 27.8. The van der Waals surface area contributed by atoms with E-state index in [1.54, 1.807) is 24.3 Å². The molecule has 1 atom stereocenters. The molecule has 0 aliphatic rings. The van der Waals surface area contributed by atoms with Gasteiger partial charge in [0.05, 0.1) is 13.0 Å². The van der Waals surface area contributed by atoms with Gasteiger partial charge in [-0.2, -0.15) is 0 Å². The summed E-state index contributed by atoms with van der Waals surface area (Å²) in [4.78, 5) is 10.6. The minimum atomic E-state index is -0.884. The summed E-state index contributed by atoms with van der Waals surface area (Å²) >= 11 is 0. The summed E-state index contributed by atoms with van der Waals surface area (Å²) in [5.74, 6) is -0.747. The average Bonchev–Trinajstić information content (AvgIpc) is 2.88. The number of aliphatic hydroxyl groups is 1. The lowest BCUT2D eigenvalue weighted by Crippen LogP contribution is -2.14. The van der Waals surface area contributed by atoms with Gasteiger partial charge in [0.1, 0.15) is 6.04 Å². The number of aliphatic carboxylic acids is 1. The van der Waals surface area contributed by atoms with Crippen molar-refractivity contribution in [3.05, 3.63) is 35.7 Å². The third-order valence-electron chi connectivity index (χ3n) is 2.52. The molecule has 0 radical (unpaired) electrons. The summed E-state index contributed by atoms with van der Waals surface area (Å²) in [7, 11) is 0. The molecule has 0 aliphatic carbocycles. The van der Waals surface area contributed by atoms with E-state index < -0.39 is 12.0 Å². The van der Waals surface area contributed by atoms with Crippen molar-refractivity contribution in [1.82, 2.24) is 10.2 Å². The van der Waals surface area contributed by atoms with E-state index >= 15 is 0 Å². The molecular weight excluding hydrogens is 264 g/mol. The summed E-state index contributed by atoms with van der Waals surface area (Å²) < 4.78 is 5.22. The van der Waals surface area contributed by atoms with Crippen LogP contribution in [0.1, 0.15) is 17.5 Å². The van der Waals surface area contributed by atoms with Crippen LogP contribution in [-0.2, 0) is 11.2 Å². The van der Waals surface area contributed by atoms with Crippen LogP contribution in [0.25, 0.3) is 0 Å². The van der Waals surface area contributed by atoms with Crippen LogP contribution < -0.4 is 11.1 Å². The van der Waals surface area contributed by atoms with Crippen LogP contribution in [0.3, 0.4) is 0 Å². The highest BCUT2D eigenvalue weighted by Crippen LogP contribution is 2.18. The first-order chi connectivity index (χ1) is 9.58. The Morgan fingerprint density at radius 3 is 2.65 bits per heavy atom. The number of nitrogens with zero attached hydrogens (tertiary/aromatic N) is 2. The van der Waals surface area contributed by atoms with Crippen molar-refractivity contribution in [2.45, 2.75) is 12.5 Å². The Morgan fingerprint density at radius 1 is 1.35 bits per heavy atom. The first kappa shape index (κ1) is 14.0. The summed E-state index contributed by atoms with van der Waals surface area (Å²) in [5.41, 5.74) is 6.90. The zero-order chi connectivity index (χ0) is 14.5. The predicted octanol–water partition coefficient (Wildman–Crippen LogP) is 0.432. The summed E-state index contributed by atoms with van der Waals surface area (Å²) in [6, 6.07) is 6.22. The molecule has 0 amide bonds. The Hall–Kier alpha value is -2.45. The number of benzene rings is 1. The number of hydrogen-bond donors (Lipinski definition) is 4. The standard InChI is InChI=1S/C12H14N4O4/c13-9(6-17)11-15-16-12(20-11)14-8-3-1-7(2-4-8)5-10(18)19/h1-4,9,17H,5-6,13H2,(H,14,16)(H,18,19). The third kappa shape index (κ3) is 3.53. The van der Waals surface area contributed by atoms with Crippen LogP contribution in [-0.4, -0.2) is 33.0 Å². The fourth-order valence-corrected chi connectivity index (χ4v) is 1.52. The SMILES string of the molecule is NC(CO)c1nnc(Nc2ccc(CC(=O)O)cc2)o1. The largest absolute Gasteiger partial charge is 0.481 e. The molecule has 1 heterocycles. The Morgan fingerprint density at radius 2 is 2.05 bits per heavy atom. The van der Waals surface area contributed by atoms with E-state index in [1.807, 2.05) is 0 Å². The van der Waals surface area contributed by atoms with E-state index in [0.29, 0.717) is 11.3 Å². The lowest BCUT2D eigenvalue weighted by atomic mass is 10.1. The Labute approximate surface area is 114 Å². The number of carboxylic acids is 1. The molecule has 0 saturated heterocycles. The van der Waals surface area contributed by atoms with Crippen LogP contribution in [0.2, 0.25) is 0 Å². The fourth-order valence-electron chi connectivity index (χ4n) is 1.52. The molecule has 0 bridgehead atoms. The normalized spacial score (nSPS) is 12.1. The highest BCUT2D eigenvalue weighted by Gasteiger charge is 2.13. The molecule has 8 heteroatoms. The van der Waals surface area contributed by atoms with Crippen molar-refractivity contribution in [2.24, 2.45) is 5.73 Å². The van der Waals surface area contributed by atoms with Gasteiger partial charge in [-0.25, -0.2) is 0 Å². The number of anilines is 2. The van der Waals surface area contributed by atoms with E-state index in [9.17, 15) is 4.79 Å². The average molecular weight is 278 g/mol. The molecule has 5 N–H and O–H groups in total. The number of carboxylic acid groups (broad SMARTS) is 1. The van der Waals surface area contributed by atoms with E-state index in [0.717, 1.165) is 0 Å². The van der Waals surface area contributed by atoms with Gasteiger partial charge in [-0.3, -0.25) is 4.79 Å². The Kier molecular flexibility index (Phi) is 4.28. The highest BCUT2D eigenvalue weighted by molar-refractivity contribution is 5.70. The number of aliphatic hydroxyl groups excluding tert-OH is 1. The number of aromatic nitrogens is 2. The predicted molar refractivity (Wildman–Crippen MR) is 69.4 cm³/mol. The molecule has 1 unspecified atom stereocenters. The van der Waals surface area contributed by atoms with Gasteiger partial charge >= 0.3 is 12.0 Å². The molecule has 20 heavy (non-hydrogen) atoms. The molecule has 2 aromatic rings. The Balaban J connectivity index is 2.02. The molecular formula is C12H14N4O4. The van der Waals surface area contributed by atoms with Gasteiger partial charge in [0.2, 0.25) is 5.89 Å². The molecule has 0 spiro atoms. The van der Waals surface area contributed by atoms with Crippen LogP contribution in [0, 0.1) is 0 Å². The number of nitrogens with two attached hydrogens (primary N) is 1. The molecule has 0 aliphatic heterocycles. The number of rotatable bonds is 6. The molecule has 1 aromatic heterocycles. The van der Waals surface area contributed by atoms with Crippen molar-refractivity contribution in [1.29, 1.82) is 0 Å². The van der Waals surface area contributed by atoms with Crippen molar-refractivity contribution >= 4 is 17.7 Å². The summed E-state index contributed by atoms with van der Waals surface area (Å²) in [6.07, 6.45) is -0.0314. The maximum atomic E-state index is 10.6. The van der Waals surface area contributed by atoms with Gasteiger partial charge in [0, 0.05) is 5.69 Å². The lowest BCUT2D eigenvalue weighted by molar-refractivity contribution is -0.136. The first-order valence-corrected chi connectivity index (χ1v) is 5.86. The lowest BCUT2D eigenvalue weighted by Gasteiger charge is -2.03. The van der Waals surface area contributed by atoms with E-state index in [2.05, 4.69) is 15.5 Å². The second-order valence-corrected chi connectivity index (χ2v) is 4.13. The van der Waals surface area contributed by atoms with Crippen molar-refractivity contribution < 1.29 is 19.4 Å². The molecule has 106 valence electrons. The zero-order valence-corrected chi connectivity index (χ0v) is 10.5. The van der Waals surface area contributed by atoms with E-state index in [4.69, 9.17) is 20.4 Å². The number of carbonyl (C=O) groups is 1. The van der Waals surface area contributed by atoms with Crippen molar-refractivity contribution in [2.75, 3.05) is 11.9 Å². The van der Waals surface area contributed by atoms with Gasteiger partial charge in [0.15, 0.2) is 0 Å². The minimum Gasteiger partial charge on any atom is -0.481 e. The van der Waals surface area contributed by atoms with Crippen molar-refractivity contribution in [3.8, 4) is 0 Å². The second kappa shape index (κ2) is 6.13. The molecule has 0 saturated carbocycles. The molecule has 8 nitrogen and oxygen atoms in total. The topological polar surface area (TPSA) is 134 Å². The van der Waals surface area contributed by atoms with Crippen LogP contribution in [0.15, 0.2) is 28.7 Å². The van der Waals surface area contributed by atoms with E-state index in [-0.39, 0.29) is 24.9 Å². The van der Waals surface area contributed by atoms with E-state index in [1.165, 1.54) is 0 Å². The van der Waals surface area contributed by atoms with Gasteiger partial charge in [-0.05, 0) is 17.7 Å². The molecule has 2 rings (SSSR count). The fraction of sp³-hybridized carbons (Fsp3) is 0.250. The minimum absolute atomic E-state index is 0.0314. The highest BCUT2D eigenvalue weighted by atomic mass is 16.4. The summed E-state index contributed by atoms with van der Waals surface area (Å²) in [6.45, 7) is -0.286. The maximum Gasteiger partial charge on any atom is 0.320 e. The molecule has 0 fully saturated rings. The zero-order valence-electron chi connectivity index (χ0n) is 10.5. The monoisotopic (exact) mass is 278 g/mol. The maximum absolute atomic E-state index is 10.6. The van der Waals surface area contributed by atoms with Crippen LogP contribution in [0.4, 0.5) is 11.7 Å². The van der Waals surface area contributed by atoms with Gasteiger partial charge in [-0.1, -0.05) is 17.2 Å². The number of hydrogen-bond acceptors (Lipinski definition) is 7. The molecule has 1 aromatic carbocycles. The van der Waals surface area contributed by atoms with Crippen LogP contribution in [0.5, 0.6) is 0 Å². The van der Waals surface area contributed by atoms with Crippen LogP contribution >= 0.6 is 0 Å². The van der Waals surface area contributed by atoms with Crippen molar-refractivity contribution in [3.63, 3.8) is 0 Å².